The summed E-state index contributed by atoms with van der Waals surface area (Å²) in [6.45, 7) is 1.43. The monoisotopic (exact) mass is 234 g/mol. The van der Waals surface area contributed by atoms with E-state index in [1.807, 2.05) is 6.26 Å². The Morgan fingerprint density at radius 3 is 3.29 bits per heavy atom. The molecule has 1 unspecified atom stereocenters. The molecule has 14 heavy (non-hydrogen) atoms. The van der Waals surface area contributed by atoms with Gasteiger partial charge in [0.2, 0.25) is 5.16 Å². The molecule has 0 aliphatic carbocycles. The predicted octanol–water partition coefficient (Wildman–Crippen LogP) is 1.01. The molecule has 1 saturated heterocycles. The van der Waals surface area contributed by atoms with Crippen LogP contribution in [0, 0.1) is 0 Å². The number of nitrogens with zero attached hydrogens (tertiary/aromatic N) is 2. The van der Waals surface area contributed by atoms with Crippen LogP contribution in [0.15, 0.2) is 5.16 Å². The number of hydrogen-bond donors (Lipinski definition) is 0. The summed E-state index contributed by atoms with van der Waals surface area (Å²) >= 11 is 2.76. The van der Waals surface area contributed by atoms with Crippen molar-refractivity contribution >= 4 is 23.3 Å². The van der Waals surface area contributed by atoms with Crippen LogP contribution in [-0.2, 0) is 9.47 Å². The quantitative estimate of drug-likeness (QED) is 0.725. The highest BCUT2D eigenvalue weighted by molar-refractivity contribution is 7.98. The number of rotatable bonds is 4. The number of hydrogen-bond acceptors (Lipinski definition) is 7. The van der Waals surface area contributed by atoms with Crippen LogP contribution in [0.3, 0.4) is 0 Å². The van der Waals surface area contributed by atoms with Gasteiger partial charge >= 0.3 is 0 Å². The molecule has 1 aliphatic heterocycles. The van der Waals surface area contributed by atoms with Crippen molar-refractivity contribution in [3.05, 3.63) is 0 Å². The third-order valence-electron chi connectivity index (χ3n) is 1.65. The van der Waals surface area contributed by atoms with Crippen molar-refractivity contribution in [3.63, 3.8) is 0 Å². The van der Waals surface area contributed by atoms with Crippen LogP contribution in [-0.4, -0.2) is 41.7 Å². The van der Waals surface area contributed by atoms with Crippen molar-refractivity contribution in [2.24, 2.45) is 0 Å². The van der Waals surface area contributed by atoms with Gasteiger partial charge in [-0.2, -0.15) is 9.36 Å². The standard InChI is InChI=1S/C7H10N2O3S2/c1-13-6-8-7(14-9-6)11-3-5-2-10-4-12-5/h5H,2-4H2,1H3. The molecule has 0 N–H and O–H groups in total. The minimum atomic E-state index is 0.0247. The molecule has 7 heteroatoms. The fraction of sp³-hybridized carbons (Fsp3) is 0.714. The summed E-state index contributed by atoms with van der Waals surface area (Å²) in [7, 11) is 0. The summed E-state index contributed by atoms with van der Waals surface area (Å²) in [5.74, 6) is 0. The molecule has 1 aliphatic rings. The highest BCUT2D eigenvalue weighted by Gasteiger charge is 2.17. The van der Waals surface area contributed by atoms with Gasteiger partial charge < -0.3 is 14.2 Å². The Morgan fingerprint density at radius 2 is 2.64 bits per heavy atom. The van der Waals surface area contributed by atoms with Crippen LogP contribution in [0.2, 0.25) is 0 Å². The van der Waals surface area contributed by atoms with E-state index in [1.165, 1.54) is 23.3 Å². The maximum absolute atomic E-state index is 5.40. The van der Waals surface area contributed by atoms with E-state index >= 15 is 0 Å². The molecule has 0 aromatic carbocycles. The van der Waals surface area contributed by atoms with Gasteiger partial charge in [-0.25, -0.2) is 0 Å². The molecule has 1 fully saturated rings. The van der Waals surface area contributed by atoms with E-state index in [4.69, 9.17) is 14.2 Å². The van der Waals surface area contributed by atoms with Crippen LogP contribution in [0.25, 0.3) is 0 Å². The molecule has 0 amide bonds. The van der Waals surface area contributed by atoms with Crippen LogP contribution < -0.4 is 4.74 Å². The first kappa shape index (κ1) is 10.2. The van der Waals surface area contributed by atoms with Crippen LogP contribution in [0.1, 0.15) is 0 Å². The van der Waals surface area contributed by atoms with Crippen molar-refractivity contribution in [1.29, 1.82) is 0 Å². The van der Waals surface area contributed by atoms with Crippen molar-refractivity contribution in [2.75, 3.05) is 26.3 Å². The molecule has 2 heterocycles. The Labute approximate surface area is 89.9 Å². The highest BCUT2D eigenvalue weighted by Crippen LogP contribution is 2.20. The molecule has 0 spiro atoms. The zero-order valence-corrected chi connectivity index (χ0v) is 9.27. The van der Waals surface area contributed by atoms with Gasteiger partial charge in [0.25, 0.3) is 5.19 Å². The Kier molecular flexibility index (Phi) is 3.57. The third-order valence-corrected chi connectivity index (χ3v) is 2.95. The molecule has 1 aromatic rings. The van der Waals surface area contributed by atoms with Gasteiger partial charge in [0.1, 0.15) is 19.5 Å². The fourth-order valence-corrected chi connectivity index (χ4v) is 2.06. The molecule has 0 bridgehead atoms. The second-order valence-corrected chi connectivity index (χ2v) is 4.12. The smallest absolute Gasteiger partial charge is 0.294 e. The second-order valence-electron chi connectivity index (χ2n) is 2.64. The Balaban J connectivity index is 1.79. The molecule has 78 valence electrons. The lowest BCUT2D eigenvalue weighted by Crippen LogP contribution is -2.19. The second kappa shape index (κ2) is 4.92. The summed E-state index contributed by atoms with van der Waals surface area (Å²) in [4.78, 5) is 4.14. The average molecular weight is 234 g/mol. The first-order chi connectivity index (χ1) is 6.88. The minimum absolute atomic E-state index is 0.0247. The molecular weight excluding hydrogens is 224 g/mol. The van der Waals surface area contributed by atoms with E-state index in [-0.39, 0.29) is 6.10 Å². The first-order valence-corrected chi connectivity index (χ1v) is 6.08. The summed E-state index contributed by atoms with van der Waals surface area (Å²) in [5, 5.41) is 1.33. The van der Waals surface area contributed by atoms with Gasteiger partial charge in [-0.05, 0) is 6.26 Å². The summed E-state index contributed by atoms with van der Waals surface area (Å²) < 4.78 is 19.7. The van der Waals surface area contributed by atoms with Crippen molar-refractivity contribution in [2.45, 2.75) is 11.3 Å². The number of aromatic nitrogens is 2. The van der Waals surface area contributed by atoms with Gasteiger partial charge in [0.15, 0.2) is 0 Å². The molecule has 0 radical (unpaired) electrons. The zero-order chi connectivity index (χ0) is 9.80. The summed E-state index contributed by atoms with van der Waals surface area (Å²) in [5.41, 5.74) is 0. The van der Waals surface area contributed by atoms with E-state index < -0.39 is 0 Å². The number of ether oxygens (including phenoxy) is 3. The van der Waals surface area contributed by atoms with Gasteiger partial charge in [-0.15, -0.1) is 0 Å². The largest absolute Gasteiger partial charge is 0.466 e. The maximum Gasteiger partial charge on any atom is 0.294 e. The highest BCUT2D eigenvalue weighted by atomic mass is 32.2. The molecule has 2 rings (SSSR count). The first-order valence-electron chi connectivity index (χ1n) is 4.08. The lowest BCUT2D eigenvalue weighted by Gasteiger charge is -2.05. The molecular formula is C7H10N2O3S2. The Morgan fingerprint density at radius 1 is 1.71 bits per heavy atom. The predicted molar refractivity (Wildman–Crippen MR) is 52.9 cm³/mol. The topological polar surface area (TPSA) is 53.5 Å². The van der Waals surface area contributed by atoms with E-state index in [0.717, 1.165) is 5.16 Å². The summed E-state index contributed by atoms with van der Waals surface area (Å²) in [6, 6.07) is 0. The maximum atomic E-state index is 5.40. The minimum Gasteiger partial charge on any atom is -0.466 e. The lowest BCUT2D eigenvalue weighted by molar-refractivity contribution is 0.0319. The fourth-order valence-electron chi connectivity index (χ4n) is 0.971. The van der Waals surface area contributed by atoms with E-state index in [2.05, 4.69) is 9.36 Å². The molecule has 5 nitrogen and oxygen atoms in total. The van der Waals surface area contributed by atoms with Gasteiger partial charge in [0, 0.05) is 11.5 Å². The van der Waals surface area contributed by atoms with E-state index in [1.54, 1.807) is 0 Å². The van der Waals surface area contributed by atoms with Gasteiger partial charge in [0.05, 0.1) is 6.61 Å². The van der Waals surface area contributed by atoms with Crippen LogP contribution in [0.4, 0.5) is 0 Å². The van der Waals surface area contributed by atoms with Gasteiger partial charge in [-0.3, -0.25) is 0 Å². The Bertz CT molecular complexity index is 288. The third kappa shape index (κ3) is 2.57. The zero-order valence-electron chi connectivity index (χ0n) is 7.63. The summed E-state index contributed by atoms with van der Waals surface area (Å²) in [6.07, 6.45) is 1.95. The Hall–Kier alpha value is -0.370. The van der Waals surface area contributed by atoms with Gasteiger partial charge in [-0.1, -0.05) is 11.8 Å². The average Bonchev–Trinajstić information content (AvgIpc) is 2.86. The van der Waals surface area contributed by atoms with Crippen LogP contribution in [0.5, 0.6) is 5.19 Å². The molecule has 0 saturated carbocycles. The van der Waals surface area contributed by atoms with Crippen molar-refractivity contribution in [1.82, 2.24) is 9.36 Å². The van der Waals surface area contributed by atoms with Crippen LogP contribution >= 0.6 is 23.3 Å². The molecule has 1 atom stereocenters. The normalized spacial score (nSPS) is 21.4. The SMILES string of the molecule is CSc1nsc(OCC2COCO2)n1. The van der Waals surface area contributed by atoms with E-state index in [9.17, 15) is 0 Å². The van der Waals surface area contributed by atoms with E-state index in [0.29, 0.717) is 25.2 Å². The van der Waals surface area contributed by atoms with Crippen molar-refractivity contribution in [3.8, 4) is 5.19 Å². The van der Waals surface area contributed by atoms with Crippen molar-refractivity contribution < 1.29 is 14.2 Å². The number of thioether (sulfide) groups is 1. The molecule has 1 aromatic heterocycles. The lowest BCUT2D eigenvalue weighted by atomic mass is 10.4.